The van der Waals surface area contributed by atoms with E-state index in [4.69, 9.17) is 0 Å². The predicted octanol–water partition coefficient (Wildman–Crippen LogP) is 2.55. The molecule has 2 rings (SSSR count). The van der Waals surface area contributed by atoms with Gasteiger partial charge in [0.05, 0.1) is 11.0 Å². The summed E-state index contributed by atoms with van der Waals surface area (Å²) in [5.41, 5.74) is -1.62. The monoisotopic (exact) mass is 270 g/mol. The SMILES string of the molecule is CC1(NC(=O)c2cc(F)c(F)cc2[N+](=O)[O-])CCC1. The summed E-state index contributed by atoms with van der Waals surface area (Å²) in [6.45, 7) is 1.81. The number of rotatable bonds is 3. The number of nitrogens with one attached hydrogen (secondary N) is 1. The van der Waals surface area contributed by atoms with Gasteiger partial charge in [0, 0.05) is 5.54 Å². The van der Waals surface area contributed by atoms with Gasteiger partial charge in [-0.3, -0.25) is 14.9 Å². The van der Waals surface area contributed by atoms with Crippen LogP contribution in [-0.2, 0) is 0 Å². The van der Waals surface area contributed by atoms with E-state index in [-0.39, 0.29) is 0 Å². The van der Waals surface area contributed by atoms with Gasteiger partial charge in [-0.15, -0.1) is 0 Å². The highest BCUT2D eigenvalue weighted by Gasteiger charge is 2.35. The van der Waals surface area contributed by atoms with E-state index in [1.54, 1.807) is 6.92 Å². The molecule has 1 N–H and O–H groups in total. The first-order valence-corrected chi connectivity index (χ1v) is 5.78. The summed E-state index contributed by atoms with van der Waals surface area (Å²) < 4.78 is 26.1. The van der Waals surface area contributed by atoms with Gasteiger partial charge in [0.1, 0.15) is 5.56 Å². The molecule has 19 heavy (non-hydrogen) atoms. The molecule has 7 heteroatoms. The second-order valence-corrected chi connectivity index (χ2v) is 4.91. The van der Waals surface area contributed by atoms with Gasteiger partial charge in [-0.1, -0.05) is 0 Å². The molecule has 1 aliphatic carbocycles. The molecule has 1 saturated carbocycles. The summed E-state index contributed by atoms with van der Waals surface area (Å²) in [5, 5.41) is 13.4. The average Bonchev–Trinajstić information content (AvgIpc) is 2.29. The Hall–Kier alpha value is -2.05. The first-order valence-electron chi connectivity index (χ1n) is 5.78. The van der Waals surface area contributed by atoms with Crippen LogP contribution >= 0.6 is 0 Å². The Bertz CT molecular complexity index is 556. The Morgan fingerprint density at radius 2 is 1.95 bits per heavy atom. The van der Waals surface area contributed by atoms with Crippen molar-refractivity contribution in [1.82, 2.24) is 5.32 Å². The van der Waals surface area contributed by atoms with Crippen LogP contribution in [0.5, 0.6) is 0 Å². The molecule has 1 aliphatic rings. The molecule has 0 spiro atoms. The minimum absolute atomic E-state index is 0.421. The summed E-state index contributed by atoms with van der Waals surface area (Å²) in [5.74, 6) is -3.39. The molecule has 0 saturated heterocycles. The molecular formula is C12H12F2N2O3. The number of nitro groups is 1. The molecule has 0 aliphatic heterocycles. The molecule has 0 bridgehead atoms. The van der Waals surface area contributed by atoms with Gasteiger partial charge in [-0.05, 0) is 32.3 Å². The summed E-state index contributed by atoms with van der Waals surface area (Å²) in [6, 6.07) is 0.984. The number of hydrogen-bond acceptors (Lipinski definition) is 3. The van der Waals surface area contributed by atoms with Crippen molar-refractivity contribution < 1.29 is 18.5 Å². The highest BCUT2D eigenvalue weighted by molar-refractivity contribution is 5.98. The topological polar surface area (TPSA) is 72.2 Å². The first kappa shape index (κ1) is 13.4. The van der Waals surface area contributed by atoms with E-state index in [2.05, 4.69) is 5.32 Å². The third kappa shape index (κ3) is 2.54. The lowest BCUT2D eigenvalue weighted by Gasteiger charge is -2.39. The molecule has 1 amide bonds. The van der Waals surface area contributed by atoms with Crippen molar-refractivity contribution in [2.45, 2.75) is 31.7 Å². The molecule has 0 atom stereocenters. The maximum absolute atomic E-state index is 13.1. The van der Waals surface area contributed by atoms with Crippen LogP contribution in [0.2, 0.25) is 0 Å². The summed E-state index contributed by atoms with van der Waals surface area (Å²) in [4.78, 5) is 21.8. The zero-order valence-corrected chi connectivity index (χ0v) is 10.2. The maximum atomic E-state index is 13.1. The molecular weight excluding hydrogens is 258 g/mol. The zero-order valence-electron chi connectivity index (χ0n) is 10.2. The van der Waals surface area contributed by atoms with Crippen molar-refractivity contribution in [3.05, 3.63) is 39.4 Å². The van der Waals surface area contributed by atoms with Crippen LogP contribution in [0.25, 0.3) is 0 Å². The minimum Gasteiger partial charge on any atom is -0.347 e. The second-order valence-electron chi connectivity index (χ2n) is 4.91. The molecule has 0 radical (unpaired) electrons. The van der Waals surface area contributed by atoms with Crippen LogP contribution in [0.15, 0.2) is 12.1 Å². The fourth-order valence-electron chi connectivity index (χ4n) is 2.04. The number of carbonyl (C=O) groups is 1. The average molecular weight is 270 g/mol. The molecule has 0 aromatic heterocycles. The van der Waals surface area contributed by atoms with Crippen molar-refractivity contribution in [3.8, 4) is 0 Å². The van der Waals surface area contributed by atoms with Crippen LogP contribution in [0, 0.1) is 21.7 Å². The van der Waals surface area contributed by atoms with Crippen molar-refractivity contribution >= 4 is 11.6 Å². The minimum atomic E-state index is -1.35. The Balaban J connectivity index is 2.34. The predicted molar refractivity (Wildman–Crippen MR) is 62.7 cm³/mol. The standard InChI is InChI=1S/C12H12F2N2O3/c1-12(3-2-4-12)15-11(17)7-5-8(13)9(14)6-10(7)16(18)19/h5-6H,2-4H2,1H3,(H,15,17). The van der Waals surface area contributed by atoms with Crippen LogP contribution in [0.4, 0.5) is 14.5 Å². The quantitative estimate of drug-likeness (QED) is 0.677. The molecule has 5 nitrogen and oxygen atoms in total. The van der Waals surface area contributed by atoms with Gasteiger partial charge in [0.25, 0.3) is 11.6 Å². The van der Waals surface area contributed by atoms with Crippen LogP contribution in [-0.4, -0.2) is 16.4 Å². The van der Waals surface area contributed by atoms with Gasteiger partial charge in [-0.2, -0.15) is 0 Å². The summed E-state index contributed by atoms with van der Waals surface area (Å²) >= 11 is 0. The number of amides is 1. The van der Waals surface area contributed by atoms with E-state index in [0.29, 0.717) is 12.1 Å². The molecule has 0 unspecified atom stereocenters. The number of halogens is 2. The number of hydrogen-bond donors (Lipinski definition) is 1. The highest BCUT2D eigenvalue weighted by atomic mass is 19.2. The Labute approximate surface area is 107 Å². The molecule has 1 aromatic carbocycles. The van der Waals surface area contributed by atoms with Crippen LogP contribution in [0.3, 0.4) is 0 Å². The van der Waals surface area contributed by atoms with Crippen LogP contribution in [0.1, 0.15) is 36.5 Å². The van der Waals surface area contributed by atoms with E-state index in [1.165, 1.54) is 0 Å². The van der Waals surface area contributed by atoms with Crippen molar-refractivity contribution in [1.29, 1.82) is 0 Å². The zero-order chi connectivity index (χ0) is 14.2. The van der Waals surface area contributed by atoms with E-state index in [1.807, 2.05) is 0 Å². The third-order valence-corrected chi connectivity index (χ3v) is 3.35. The van der Waals surface area contributed by atoms with Crippen molar-refractivity contribution in [2.75, 3.05) is 0 Å². The third-order valence-electron chi connectivity index (χ3n) is 3.35. The van der Waals surface area contributed by atoms with E-state index >= 15 is 0 Å². The van der Waals surface area contributed by atoms with E-state index < -0.39 is 39.3 Å². The number of carbonyl (C=O) groups excluding carboxylic acids is 1. The fraction of sp³-hybridized carbons (Fsp3) is 0.417. The fourth-order valence-corrected chi connectivity index (χ4v) is 2.04. The molecule has 1 fully saturated rings. The Kier molecular flexibility index (Phi) is 3.21. The smallest absolute Gasteiger partial charge is 0.285 e. The van der Waals surface area contributed by atoms with Gasteiger partial charge in [-0.25, -0.2) is 8.78 Å². The van der Waals surface area contributed by atoms with Gasteiger partial charge >= 0.3 is 0 Å². The normalized spacial score (nSPS) is 16.6. The molecule has 0 heterocycles. The largest absolute Gasteiger partial charge is 0.347 e. The lowest BCUT2D eigenvalue weighted by atomic mass is 9.78. The first-order chi connectivity index (χ1) is 8.82. The Morgan fingerprint density at radius 1 is 1.37 bits per heavy atom. The number of nitrogens with zero attached hydrogens (tertiary/aromatic N) is 1. The van der Waals surface area contributed by atoms with E-state index in [9.17, 15) is 23.7 Å². The number of nitro benzene ring substituents is 1. The highest BCUT2D eigenvalue weighted by Crippen LogP contribution is 2.32. The maximum Gasteiger partial charge on any atom is 0.285 e. The van der Waals surface area contributed by atoms with Gasteiger partial charge in [0.2, 0.25) is 0 Å². The van der Waals surface area contributed by atoms with Crippen molar-refractivity contribution in [2.24, 2.45) is 0 Å². The number of benzene rings is 1. The van der Waals surface area contributed by atoms with Gasteiger partial charge in [0.15, 0.2) is 11.6 Å². The molecule has 102 valence electrons. The van der Waals surface area contributed by atoms with Gasteiger partial charge < -0.3 is 5.32 Å². The lowest BCUT2D eigenvalue weighted by Crippen LogP contribution is -2.51. The second kappa shape index (κ2) is 4.56. The summed E-state index contributed by atoms with van der Waals surface area (Å²) in [7, 11) is 0. The molecule has 1 aromatic rings. The summed E-state index contributed by atoms with van der Waals surface area (Å²) in [6.07, 6.45) is 2.48. The Morgan fingerprint density at radius 3 is 2.42 bits per heavy atom. The van der Waals surface area contributed by atoms with Crippen LogP contribution < -0.4 is 5.32 Å². The van der Waals surface area contributed by atoms with Crippen molar-refractivity contribution in [3.63, 3.8) is 0 Å². The van der Waals surface area contributed by atoms with E-state index in [0.717, 1.165) is 19.3 Å². The lowest BCUT2D eigenvalue weighted by molar-refractivity contribution is -0.385.